The molecule has 1 N–H and O–H groups in total. The first-order chi connectivity index (χ1) is 16.8. The quantitative estimate of drug-likeness (QED) is 0.459. The van der Waals surface area contributed by atoms with Gasteiger partial charge in [0.15, 0.2) is 5.65 Å². The highest BCUT2D eigenvalue weighted by atomic mass is 16.2. The zero-order chi connectivity index (χ0) is 24.9. The Bertz CT molecular complexity index is 1560. The molecule has 5 rings (SSSR count). The number of carbonyl (C=O) groups excluding carboxylic acids is 1. The van der Waals surface area contributed by atoms with Gasteiger partial charge in [-0.05, 0) is 25.8 Å². The van der Waals surface area contributed by atoms with Crippen LogP contribution in [-0.2, 0) is 6.54 Å². The predicted molar refractivity (Wildman–Crippen MR) is 130 cm³/mol. The summed E-state index contributed by atoms with van der Waals surface area (Å²) < 4.78 is 3.09. The highest BCUT2D eigenvalue weighted by Gasteiger charge is 2.28. The number of hydrogen-bond acceptors (Lipinski definition) is 8. The van der Waals surface area contributed by atoms with E-state index in [-0.39, 0.29) is 28.4 Å². The number of aryl methyl sites for hydroxylation is 2. The van der Waals surface area contributed by atoms with Gasteiger partial charge in [-0.1, -0.05) is 13.8 Å². The van der Waals surface area contributed by atoms with Crippen LogP contribution in [0.4, 0.5) is 5.82 Å². The number of aromatic nitrogens is 7. The first-order valence-electron chi connectivity index (χ1n) is 11.7. The minimum Gasteiger partial charge on any atom is -0.353 e. The number of anilines is 1. The monoisotopic (exact) mass is 477 g/mol. The van der Waals surface area contributed by atoms with Gasteiger partial charge in [-0.3, -0.25) is 19.1 Å². The minimum absolute atomic E-state index is 0.0162. The summed E-state index contributed by atoms with van der Waals surface area (Å²) in [7, 11) is 0. The molecule has 0 atom stereocenters. The van der Waals surface area contributed by atoms with E-state index in [0.29, 0.717) is 44.2 Å². The lowest BCUT2D eigenvalue weighted by atomic mass is 10.0. The molecule has 0 aliphatic carbocycles. The Hall–Kier alpha value is -4.09. The van der Waals surface area contributed by atoms with Gasteiger partial charge in [-0.15, -0.1) is 0 Å². The fourth-order valence-corrected chi connectivity index (χ4v) is 4.50. The van der Waals surface area contributed by atoms with Crippen LogP contribution in [0.1, 0.15) is 48.4 Å². The summed E-state index contributed by atoms with van der Waals surface area (Å²) >= 11 is 0. The summed E-state index contributed by atoms with van der Waals surface area (Å²) in [6, 6.07) is 3.64. The van der Waals surface area contributed by atoms with E-state index in [1.807, 2.05) is 26.8 Å². The predicted octanol–water partition coefficient (Wildman–Crippen LogP) is 0.937. The molecule has 0 bridgehead atoms. The zero-order valence-electron chi connectivity index (χ0n) is 20.1. The Labute approximate surface area is 200 Å². The Morgan fingerprint density at radius 2 is 1.86 bits per heavy atom. The average molecular weight is 478 g/mol. The fraction of sp³-hybridized carbons (Fsp3) is 0.435. The number of nitrogens with zero attached hydrogens (tertiary/aromatic N) is 8. The summed E-state index contributed by atoms with van der Waals surface area (Å²) in [5.74, 6) is 1.17. The summed E-state index contributed by atoms with van der Waals surface area (Å²) in [5, 5.41) is 4.43. The maximum atomic E-state index is 13.7. The van der Waals surface area contributed by atoms with Crippen molar-refractivity contribution in [2.45, 2.75) is 40.2 Å². The number of rotatable bonds is 4. The van der Waals surface area contributed by atoms with Crippen LogP contribution in [0.5, 0.6) is 0 Å². The summed E-state index contributed by atoms with van der Waals surface area (Å²) in [5.41, 5.74) is 0.888. The van der Waals surface area contributed by atoms with Gasteiger partial charge in [0.05, 0.1) is 10.9 Å². The molecule has 0 saturated carbocycles. The Balaban J connectivity index is 1.50. The van der Waals surface area contributed by atoms with E-state index in [1.165, 1.54) is 10.9 Å². The molecule has 0 aromatic carbocycles. The zero-order valence-corrected chi connectivity index (χ0v) is 20.1. The van der Waals surface area contributed by atoms with Crippen molar-refractivity contribution in [3.8, 4) is 0 Å². The highest BCUT2D eigenvalue weighted by Crippen LogP contribution is 2.23. The van der Waals surface area contributed by atoms with Crippen LogP contribution in [0.25, 0.3) is 16.8 Å². The van der Waals surface area contributed by atoms with E-state index < -0.39 is 11.2 Å². The largest absolute Gasteiger partial charge is 0.353 e. The number of nitrogens with one attached hydrogen (secondary N) is 1. The molecule has 182 valence electrons. The van der Waals surface area contributed by atoms with Crippen LogP contribution in [-0.4, -0.2) is 71.1 Å². The Kier molecular flexibility index (Phi) is 5.58. The van der Waals surface area contributed by atoms with Gasteiger partial charge in [0.2, 0.25) is 0 Å². The van der Waals surface area contributed by atoms with Crippen molar-refractivity contribution in [3.05, 3.63) is 56.2 Å². The molecule has 1 aliphatic heterocycles. The molecule has 12 heteroatoms. The maximum absolute atomic E-state index is 13.7. The van der Waals surface area contributed by atoms with Gasteiger partial charge < -0.3 is 9.80 Å². The van der Waals surface area contributed by atoms with Crippen LogP contribution in [0.15, 0.2) is 28.0 Å². The summed E-state index contributed by atoms with van der Waals surface area (Å²) in [6.07, 6.45) is 1.47. The number of piperazine rings is 1. The first-order valence-corrected chi connectivity index (χ1v) is 11.7. The highest BCUT2D eigenvalue weighted by molar-refractivity contribution is 6.05. The van der Waals surface area contributed by atoms with E-state index in [1.54, 1.807) is 22.4 Å². The lowest BCUT2D eigenvalue weighted by Crippen LogP contribution is -2.49. The molecule has 12 nitrogen and oxygen atoms in total. The van der Waals surface area contributed by atoms with Crippen LogP contribution in [0.3, 0.4) is 0 Å². The number of carbonyl (C=O) groups is 1. The molecule has 35 heavy (non-hydrogen) atoms. The molecular formula is C23H27N9O3. The van der Waals surface area contributed by atoms with Gasteiger partial charge >= 0.3 is 5.69 Å². The maximum Gasteiger partial charge on any atom is 0.329 e. The van der Waals surface area contributed by atoms with Crippen LogP contribution in [0.2, 0.25) is 0 Å². The van der Waals surface area contributed by atoms with Crippen molar-refractivity contribution in [1.29, 1.82) is 0 Å². The molecule has 0 spiro atoms. The van der Waals surface area contributed by atoms with Crippen LogP contribution < -0.4 is 16.1 Å². The molecule has 4 aromatic heterocycles. The van der Waals surface area contributed by atoms with Gasteiger partial charge in [0, 0.05) is 50.2 Å². The molecule has 4 aromatic rings. The van der Waals surface area contributed by atoms with Crippen molar-refractivity contribution < 1.29 is 4.79 Å². The Morgan fingerprint density at radius 1 is 1.11 bits per heavy atom. The number of fused-ring (bicyclic) bond motifs is 2. The lowest BCUT2D eigenvalue weighted by molar-refractivity contribution is 0.0748. The van der Waals surface area contributed by atoms with Gasteiger partial charge in [0.1, 0.15) is 12.1 Å². The van der Waals surface area contributed by atoms with Gasteiger partial charge in [-0.25, -0.2) is 14.8 Å². The number of pyridine rings is 1. The van der Waals surface area contributed by atoms with E-state index >= 15 is 0 Å². The molecule has 1 amide bonds. The van der Waals surface area contributed by atoms with E-state index in [2.05, 4.69) is 29.9 Å². The third kappa shape index (κ3) is 3.84. The fourth-order valence-electron chi connectivity index (χ4n) is 4.50. The third-order valence-electron chi connectivity index (χ3n) is 6.36. The molecular weight excluding hydrogens is 450 g/mol. The number of amides is 1. The first kappa shape index (κ1) is 22.7. The van der Waals surface area contributed by atoms with E-state index in [0.717, 1.165) is 11.5 Å². The third-order valence-corrected chi connectivity index (χ3v) is 6.36. The average Bonchev–Trinajstić information content (AvgIpc) is 3.31. The summed E-state index contributed by atoms with van der Waals surface area (Å²) in [6.45, 7) is 10.1. The van der Waals surface area contributed by atoms with Crippen molar-refractivity contribution in [1.82, 2.24) is 39.0 Å². The SMILES string of the molecule is CCn1c(=O)[nH]c(=O)c2c(C(=O)N3CCN(c4cc(C)nc5ncnn45)CC3)cc(C(C)C)nc21. The second kappa shape index (κ2) is 8.60. The van der Waals surface area contributed by atoms with Crippen LogP contribution in [0, 0.1) is 6.92 Å². The number of aromatic amines is 1. The van der Waals surface area contributed by atoms with Gasteiger partial charge in [0.25, 0.3) is 17.2 Å². The van der Waals surface area contributed by atoms with Crippen molar-refractivity contribution >= 4 is 28.5 Å². The molecule has 0 radical (unpaired) electrons. The molecule has 1 saturated heterocycles. The minimum atomic E-state index is -0.597. The molecule has 1 fully saturated rings. The van der Waals surface area contributed by atoms with Crippen molar-refractivity contribution in [2.75, 3.05) is 31.1 Å². The smallest absolute Gasteiger partial charge is 0.329 e. The Morgan fingerprint density at radius 3 is 2.54 bits per heavy atom. The van der Waals surface area contributed by atoms with Crippen molar-refractivity contribution in [2.24, 2.45) is 0 Å². The second-order valence-corrected chi connectivity index (χ2v) is 8.96. The van der Waals surface area contributed by atoms with E-state index in [4.69, 9.17) is 0 Å². The lowest BCUT2D eigenvalue weighted by Gasteiger charge is -2.36. The topological polar surface area (TPSA) is 134 Å². The number of hydrogen-bond donors (Lipinski definition) is 1. The molecule has 0 unspecified atom stereocenters. The van der Waals surface area contributed by atoms with E-state index in [9.17, 15) is 14.4 Å². The summed E-state index contributed by atoms with van der Waals surface area (Å²) in [4.78, 5) is 58.3. The van der Waals surface area contributed by atoms with Gasteiger partial charge in [-0.2, -0.15) is 14.6 Å². The molecule has 1 aliphatic rings. The number of H-pyrrole nitrogens is 1. The second-order valence-electron chi connectivity index (χ2n) is 8.96. The normalized spacial score (nSPS) is 14.4. The molecule has 5 heterocycles. The standard InChI is InChI=1S/C23H27N9O3/c1-5-31-19-18(20(33)28-23(31)35)15(11-16(27-19)13(2)3)21(34)30-8-6-29(7-9-30)17-10-14(4)26-22-24-12-25-32(17)22/h10-13H,5-9H2,1-4H3,(H,28,33,35). The van der Waals surface area contributed by atoms with Crippen molar-refractivity contribution in [3.63, 3.8) is 0 Å². The van der Waals surface area contributed by atoms with Crippen LogP contribution >= 0.6 is 0 Å².